The average molecular weight is 383 g/mol. The van der Waals surface area contributed by atoms with Gasteiger partial charge >= 0.3 is 5.97 Å². The smallest absolute Gasteiger partial charge is 0.340 e. The maximum Gasteiger partial charge on any atom is 0.340 e. The molecule has 0 aliphatic carbocycles. The Balaban J connectivity index is 1.60. The van der Waals surface area contributed by atoms with Gasteiger partial charge < -0.3 is 14.5 Å². The van der Waals surface area contributed by atoms with Gasteiger partial charge in [-0.15, -0.1) is 10.2 Å². The van der Waals surface area contributed by atoms with E-state index in [0.29, 0.717) is 11.3 Å². The first-order valence-electron chi connectivity index (χ1n) is 8.71. The fourth-order valence-corrected chi connectivity index (χ4v) is 2.48. The molecule has 1 amide bonds. The van der Waals surface area contributed by atoms with Gasteiger partial charge in [0.1, 0.15) is 5.82 Å². The Morgan fingerprint density at radius 2 is 1.86 bits per heavy atom. The van der Waals surface area contributed by atoms with Crippen LogP contribution in [0.15, 0.2) is 52.9 Å². The van der Waals surface area contributed by atoms with Crippen LogP contribution in [0, 0.1) is 5.82 Å². The maximum absolute atomic E-state index is 13.0. The zero-order valence-electron chi connectivity index (χ0n) is 15.1. The molecule has 3 rings (SSSR count). The second-order valence-corrected chi connectivity index (χ2v) is 5.82. The second-order valence-electron chi connectivity index (χ2n) is 5.82. The Hall–Kier alpha value is -3.55. The predicted molar refractivity (Wildman–Crippen MR) is 99.0 cm³/mol. The molecular formula is C20H18FN3O4. The summed E-state index contributed by atoms with van der Waals surface area (Å²) in [4.78, 5) is 24.2. The van der Waals surface area contributed by atoms with Crippen molar-refractivity contribution in [1.29, 1.82) is 0 Å². The number of nitrogens with zero attached hydrogens (tertiary/aromatic N) is 2. The van der Waals surface area contributed by atoms with Crippen molar-refractivity contribution in [3.63, 3.8) is 0 Å². The lowest BCUT2D eigenvalue weighted by atomic mass is 10.1. The van der Waals surface area contributed by atoms with Crippen LogP contribution in [0.4, 0.5) is 10.1 Å². The molecule has 0 fully saturated rings. The molecule has 1 aromatic heterocycles. The Morgan fingerprint density at radius 3 is 2.61 bits per heavy atom. The summed E-state index contributed by atoms with van der Waals surface area (Å²) in [5.74, 6) is -0.628. The normalized spacial score (nSPS) is 10.5. The third-order valence-corrected chi connectivity index (χ3v) is 3.82. The van der Waals surface area contributed by atoms with Crippen LogP contribution in [0.5, 0.6) is 0 Å². The number of rotatable bonds is 7. The zero-order chi connectivity index (χ0) is 19.9. The van der Waals surface area contributed by atoms with Gasteiger partial charge in [-0.25, -0.2) is 9.18 Å². The van der Waals surface area contributed by atoms with Crippen molar-refractivity contribution < 1.29 is 23.1 Å². The van der Waals surface area contributed by atoms with E-state index in [4.69, 9.17) is 9.15 Å². The van der Waals surface area contributed by atoms with Gasteiger partial charge in [0.15, 0.2) is 0 Å². The molecule has 0 spiro atoms. The summed E-state index contributed by atoms with van der Waals surface area (Å²) in [5.41, 5.74) is 1.26. The minimum absolute atomic E-state index is 0.0855. The van der Waals surface area contributed by atoms with E-state index < -0.39 is 5.97 Å². The minimum Gasteiger partial charge on any atom is -0.462 e. The lowest BCUT2D eigenvalue weighted by Crippen LogP contribution is -2.16. The number of carbonyl (C=O) groups is 2. The number of carbonyl (C=O) groups excluding carboxylic acids is 2. The molecular weight excluding hydrogens is 365 g/mol. The van der Waals surface area contributed by atoms with Crippen molar-refractivity contribution in [2.45, 2.75) is 19.8 Å². The van der Waals surface area contributed by atoms with E-state index in [2.05, 4.69) is 15.5 Å². The van der Waals surface area contributed by atoms with Crippen molar-refractivity contribution in [2.24, 2.45) is 0 Å². The Labute approximate surface area is 160 Å². The maximum atomic E-state index is 13.0. The minimum atomic E-state index is -0.501. The molecule has 0 atom stereocenters. The molecule has 2 aromatic carbocycles. The number of aromatic nitrogens is 2. The van der Waals surface area contributed by atoms with Crippen LogP contribution in [-0.4, -0.2) is 28.7 Å². The van der Waals surface area contributed by atoms with Crippen LogP contribution in [-0.2, 0) is 16.0 Å². The van der Waals surface area contributed by atoms with Crippen molar-refractivity contribution in [3.8, 4) is 11.5 Å². The molecule has 144 valence electrons. The van der Waals surface area contributed by atoms with Gasteiger partial charge in [0.25, 0.3) is 0 Å². The molecule has 0 unspecified atom stereocenters. The number of aryl methyl sites for hydroxylation is 1. The van der Waals surface area contributed by atoms with Gasteiger partial charge in [0.2, 0.25) is 17.7 Å². The summed E-state index contributed by atoms with van der Waals surface area (Å²) in [6, 6.07) is 12.3. The molecule has 1 N–H and O–H groups in total. The van der Waals surface area contributed by atoms with E-state index in [0.717, 1.165) is 0 Å². The number of hydrogen-bond acceptors (Lipinski definition) is 6. The molecule has 8 heteroatoms. The highest BCUT2D eigenvalue weighted by Crippen LogP contribution is 2.19. The molecule has 1 heterocycles. The van der Waals surface area contributed by atoms with Crippen molar-refractivity contribution in [3.05, 3.63) is 65.8 Å². The Morgan fingerprint density at radius 1 is 1.11 bits per heavy atom. The van der Waals surface area contributed by atoms with Crippen LogP contribution >= 0.6 is 0 Å². The highest BCUT2D eigenvalue weighted by molar-refractivity contribution is 6.01. The highest BCUT2D eigenvalue weighted by Gasteiger charge is 2.15. The fraction of sp³-hybridized carbons (Fsp3) is 0.200. The van der Waals surface area contributed by atoms with Crippen molar-refractivity contribution >= 4 is 17.6 Å². The standard InChI is InChI=1S/C20H18FN3O4/c1-2-27-20(26)15-5-3-4-6-16(15)22-17(25)11-12-18-23-24-19(28-18)13-7-9-14(21)10-8-13/h3-10H,2,11-12H2,1H3,(H,22,25). The van der Waals surface area contributed by atoms with Crippen LogP contribution in [0.25, 0.3) is 11.5 Å². The highest BCUT2D eigenvalue weighted by atomic mass is 19.1. The van der Waals surface area contributed by atoms with E-state index in [1.165, 1.54) is 24.3 Å². The monoisotopic (exact) mass is 383 g/mol. The number of anilines is 1. The second kappa shape index (κ2) is 8.90. The first kappa shape index (κ1) is 19.2. The van der Waals surface area contributed by atoms with E-state index in [1.54, 1.807) is 31.2 Å². The van der Waals surface area contributed by atoms with Gasteiger partial charge in [-0.3, -0.25) is 4.79 Å². The molecule has 28 heavy (non-hydrogen) atoms. The van der Waals surface area contributed by atoms with Gasteiger partial charge in [-0.2, -0.15) is 0 Å². The number of para-hydroxylation sites is 1. The number of amides is 1. The molecule has 0 aliphatic rings. The summed E-state index contributed by atoms with van der Waals surface area (Å²) in [7, 11) is 0. The lowest BCUT2D eigenvalue weighted by molar-refractivity contribution is -0.116. The molecule has 7 nitrogen and oxygen atoms in total. The first-order valence-corrected chi connectivity index (χ1v) is 8.71. The average Bonchev–Trinajstić information content (AvgIpc) is 3.16. The zero-order valence-corrected chi connectivity index (χ0v) is 15.1. The van der Waals surface area contributed by atoms with Crippen molar-refractivity contribution in [1.82, 2.24) is 10.2 Å². The quantitative estimate of drug-likeness (QED) is 0.626. The summed E-state index contributed by atoms with van der Waals surface area (Å²) in [5, 5.41) is 10.5. The molecule has 3 aromatic rings. The van der Waals surface area contributed by atoms with E-state index in [-0.39, 0.29) is 48.5 Å². The van der Waals surface area contributed by atoms with Gasteiger partial charge in [0, 0.05) is 18.4 Å². The number of halogens is 1. The summed E-state index contributed by atoms with van der Waals surface area (Å²) >= 11 is 0. The van der Waals surface area contributed by atoms with E-state index >= 15 is 0 Å². The summed E-state index contributed by atoms with van der Waals surface area (Å²) in [6.45, 7) is 1.96. The first-order chi connectivity index (χ1) is 13.6. The number of hydrogen-bond donors (Lipinski definition) is 1. The van der Waals surface area contributed by atoms with E-state index in [9.17, 15) is 14.0 Å². The molecule has 0 radical (unpaired) electrons. The third-order valence-electron chi connectivity index (χ3n) is 3.82. The molecule has 0 aliphatic heterocycles. The number of ether oxygens (including phenoxy) is 1. The van der Waals surface area contributed by atoms with Gasteiger partial charge in [-0.1, -0.05) is 12.1 Å². The molecule has 0 bridgehead atoms. The molecule has 0 saturated carbocycles. The lowest BCUT2D eigenvalue weighted by Gasteiger charge is -2.09. The van der Waals surface area contributed by atoms with Crippen LogP contribution in [0.1, 0.15) is 29.6 Å². The largest absolute Gasteiger partial charge is 0.462 e. The fourth-order valence-electron chi connectivity index (χ4n) is 2.48. The van der Waals surface area contributed by atoms with Crippen LogP contribution < -0.4 is 5.32 Å². The Kier molecular flexibility index (Phi) is 6.11. The predicted octanol–water partition coefficient (Wildman–Crippen LogP) is 3.62. The number of nitrogens with one attached hydrogen (secondary N) is 1. The summed E-state index contributed by atoms with van der Waals surface area (Å²) in [6.07, 6.45) is 0.309. The third kappa shape index (κ3) is 4.79. The number of benzene rings is 2. The van der Waals surface area contributed by atoms with E-state index in [1.807, 2.05) is 0 Å². The summed E-state index contributed by atoms with van der Waals surface area (Å²) < 4.78 is 23.5. The van der Waals surface area contributed by atoms with Crippen LogP contribution in [0.3, 0.4) is 0 Å². The van der Waals surface area contributed by atoms with Gasteiger partial charge in [0.05, 0.1) is 17.9 Å². The van der Waals surface area contributed by atoms with Gasteiger partial charge in [-0.05, 0) is 43.3 Å². The number of esters is 1. The topological polar surface area (TPSA) is 94.3 Å². The SMILES string of the molecule is CCOC(=O)c1ccccc1NC(=O)CCc1nnc(-c2ccc(F)cc2)o1. The van der Waals surface area contributed by atoms with Crippen LogP contribution in [0.2, 0.25) is 0 Å². The molecule has 0 saturated heterocycles. The Bertz CT molecular complexity index is 970. The van der Waals surface area contributed by atoms with Crippen molar-refractivity contribution in [2.75, 3.05) is 11.9 Å².